The molecule has 1 amide bonds. The van der Waals surface area contributed by atoms with E-state index < -0.39 is 0 Å². The Hall–Kier alpha value is -1.52. The van der Waals surface area contributed by atoms with Crippen LogP contribution in [0.25, 0.3) is 0 Å². The molecule has 0 atom stereocenters. The van der Waals surface area contributed by atoms with E-state index in [2.05, 4.69) is 5.32 Å². The molecule has 2 nitrogen and oxygen atoms in total. The fraction of sp³-hybridized carbons (Fsp3) is 0.316. The van der Waals surface area contributed by atoms with E-state index in [1.165, 1.54) is 44.2 Å². The molecule has 0 aliphatic heterocycles. The molecule has 0 spiro atoms. The molecule has 1 aliphatic rings. The summed E-state index contributed by atoms with van der Waals surface area (Å²) in [5.74, 6) is -0.639. The Morgan fingerprint density at radius 1 is 1.12 bits per heavy atom. The van der Waals surface area contributed by atoms with Crippen LogP contribution in [0.3, 0.4) is 0 Å². The number of amides is 1. The van der Waals surface area contributed by atoms with Gasteiger partial charge in [0.25, 0.3) is 5.91 Å². The van der Waals surface area contributed by atoms with E-state index in [1.807, 2.05) is 6.07 Å². The van der Waals surface area contributed by atoms with Crippen LogP contribution in [0.1, 0.15) is 42.5 Å². The summed E-state index contributed by atoms with van der Waals surface area (Å²) in [6.07, 6.45) is 6.21. The van der Waals surface area contributed by atoms with Gasteiger partial charge in [-0.05, 0) is 49.2 Å². The molecule has 2 aromatic rings. The summed E-state index contributed by atoms with van der Waals surface area (Å²) in [4.78, 5) is 13.3. The molecule has 1 N–H and O–H groups in total. The summed E-state index contributed by atoms with van der Waals surface area (Å²) >= 11 is 8.06. The minimum absolute atomic E-state index is 0.261. The maximum Gasteiger partial charge on any atom is 0.255 e. The summed E-state index contributed by atoms with van der Waals surface area (Å²) < 4.78 is 13.2. The number of anilines is 1. The molecule has 2 aromatic carbocycles. The number of hydrogen-bond donors (Lipinski definition) is 1. The van der Waals surface area contributed by atoms with Crippen molar-refractivity contribution in [2.24, 2.45) is 0 Å². The Morgan fingerprint density at radius 2 is 1.92 bits per heavy atom. The van der Waals surface area contributed by atoms with Crippen molar-refractivity contribution in [3.63, 3.8) is 0 Å². The standard InChI is InChI=1S/C19H19ClFNOS/c20-17-10-9-13(11-18(17)24-16-7-2-1-3-8-16)19(23)22-15-6-4-5-14(21)12-15/h4-6,9-12,16H,1-3,7-8H2,(H,22,23). The maximum atomic E-state index is 13.2. The highest BCUT2D eigenvalue weighted by atomic mass is 35.5. The smallest absolute Gasteiger partial charge is 0.255 e. The Labute approximate surface area is 150 Å². The van der Waals surface area contributed by atoms with E-state index in [0.717, 1.165) is 4.90 Å². The van der Waals surface area contributed by atoms with Crippen LogP contribution in [-0.2, 0) is 0 Å². The molecule has 0 bridgehead atoms. The van der Waals surface area contributed by atoms with Gasteiger partial charge in [-0.15, -0.1) is 11.8 Å². The lowest BCUT2D eigenvalue weighted by Crippen LogP contribution is -2.12. The number of rotatable bonds is 4. The lowest BCUT2D eigenvalue weighted by Gasteiger charge is -2.21. The minimum Gasteiger partial charge on any atom is -0.322 e. The van der Waals surface area contributed by atoms with Gasteiger partial charge >= 0.3 is 0 Å². The molecule has 5 heteroatoms. The Morgan fingerprint density at radius 3 is 2.67 bits per heavy atom. The third kappa shape index (κ3) is 4.52. The zero-order valence-corrected chi connectivity index (χ0v) is 14.8. The highest BCUT2D eigenvalue weighted by Crippen LogP contribution is 2.37. The van der Waals surface area contributed by atoms with Crippen molar-refractivity contribution in [3.8, 4) is 0 Å². The Balaban J connectivity index is 1.73. The summed E-state index contributed by atoms with van der Waals surface area (Å²) in [5.41, 5.74) is 0.971. The molecule has 0 heterocycles. The van der Waals surface area contributed by atoms with Crippen molar-refractivity contribution >= 4 is 35.0 Å². The van der Waals surface area contributed by atoms with Crippen LogP contribution in [0.4, 0.5) is 10.1 Å². The fourth-order valence-corrected chi connectivity index (χ4v) is 4.42. The van der Waals surface area contributed by atoms with E-state index in [0.29, 0.717) is 21.5 Å². The molecule has 0 unspecified atom stereocenters. The van der Waals surface area contributed by atoms with Crippen LogP contribution in [-0.4, -0.2) is 11.2 Å². The molecule has 24 heavy (non-hydrogen) atoms. The Kier molecular flexibility index (Phi) is 5.80. The van der Waals surface area contributed by atoms with Crippen LogP contribution in [0.2, 0.25) is 5.02 Å². The topological polar surface area (TPSA) is 29.1 Å². The van der Waals surface area contributed by atoms with Gasteiger partial charge in [-0.3, -0.25) is 4.79 Å². The third-order valence-electron chi connectivity index (χ3n) is 4.12. The van der Waals surface area contributed by atoms with Gasteiger partial charge in [0.15, 0.2) is 0 Å². The first kappa shape index (κ1) is 17.3. The van der Waals surface area contributed by atoms with Crippen molar-refractivity contribution in [1.29, 1.82) is 0 Å². The lowest BCUT2D eigenvalue weighted by molar-refractivity contribution is 0.102. The normalized spacial score (nSPS) is 15.2. The molecule has 1 saturated carbocycles. The first-order valence-corrected chi connectivity index (χ1v) is 9.41. The number of carbonyl (C=O) groups excluding carboxylic acids is 1. The monoisotopic (exact) mass is 363 g/mol. The van der Waals surface area contributed by atoms with E-state index in [1.54, 1.807) is 36.0 Å². The molecule has 3 rings (SSSR count). The molecule has 0 radical (unpaired) electrons. The summed E-state index contributed by atoms with van der Waals surface area (Å²) in [6.45, 7) is 0. The zero-order chi connectivity index (χ0) is 16.9. The van der Waals surface area contributed by atoms with Crippen LogP contribution >= 0.6 is 23.4 Å². The maximum absolute atomic E-state index is 13.2. The average molecular weight is 364 g/mol. The van der Waals surface area contributed by atoms with Gasteiger partial charge in [0.2, 0.25) is 0 Å². The van der Waals surface area contributed by atoms with Gasteiger partial charge in [-0.2, -0.15) is 0 Å². The molecule has 0 aromatic heterocycles. The van der Waals surface area contributed by atoms with Crippen molar-refractivity contribution in [3.05, 3.63) is 58.9 Å². The molecule has 126 valence electrons. The minimum atomic E-state index is -0.377. The first-order valence-electron chi connectivity index (χ1n) is 8.15. The summed E-state index contributed by atoms with van der Waals surface area (Å²) in [5, 5.41) is 3.96. The SMILES string of the molecule is O=C(Nc1cccc(F)c1)c1ccc(Cl)c(SC2CCCCC2)c1. The highest BCUT2D eigenvalue weighted by molar-refractivity contribution is 8.00. The van der Waals surface area contributed by atoms with Gasteiger partial charge in [0.1, 0.15) is 5.82 Å². The van der Waals surface area contributed by atoms with Crippen molar-refractivity contribution in [2.45, 2.75) is 42.2 Å². The predicted octanol–water partition coefficient (Wildman–Crippen LogP) is 6.16. The zero-order valence-electron chi connectivity index (χ0n) is 13.2. The van der Waals surface area contributed by atoms with Gasteiger partial charge in [-0.1, -0.05) is 36.9 Å². The van der Waals surface area contributed by atoms with Crippen molar-refractivity contribution in [1.82, 2.24) is 0 Å². The molecule has 0 saturated heterocycles. The second-order valence-electron chi connectivity index (χ2n) is 5.99. The van der Waals surface area contributed by atoms with E-state index in [9.17, 15) is 9.18 Å². The van der Waals surface area contributed by atoms with Gasteiger partial charge < -0.3 is 5.32 Å². The first-order chi connectivity index (χ1) is 11.6. The number of carbonyl (C=O) groups is 1. The molecular formula is C19H19ClFNOS. The number of thioether (sulfide) groups is 1. The van der Waals surface area contributed by atoms with Gasteiger partial charge in [0.05, 0.1) is 5.02 Å². The quantitative estimate of drug-likeness (QED) is 0.705. The molecule has 1 aliphatic carbocycles. The number of halogens is 2. The van der Waals surface area contributed by atoms with Crippen LogP contribution in [0.5, 0.6) is 0 Å². The predicted molar refractivity (Wildman–Crippen MR) is 98.5 cm³/mol. The Bertz CT molecular complexity index is 731. The van der Waals surface area contributed by atoms with Gasteiger partial charge in [0, 0.05) is 21.4 Å². The second-order valence-corrected chi connectivity index (χ2v) is 7.74. The van der Waals surface area contributed by atoms with Crippen LogP contribution in [0.15, 0.2) is 47.4 Å². The van der Waals surface area contributed by atoms with Crippen LogP contribution in [0, 0.1) is 5.82 Å². The van der Waals surface area contributed by atoms with E-state index in [4.69, 9.17) is 11.6 Å². The number of hydrogen-bond acceptors (Lipinski definition) is 2. The van der Waals surface area contributed by atoms with Crippen molar-refractivity contribution < 1.29 is 9.18 Å². The van der Waals surface area contributed by atoms with E-state index in [-0.39, 0.29) is 11.7 Å². The lowest BCUT2D eigenvalue weighted by atomic mass is 10.0. The van der Waals surface area contributed by atoms with Crippen LogP contribution < -0.4 is 5.32 Å². The largest absolute Gasteiger partial charge is 0.322 e. The highest BCUT2D eigenvalue weighted by Gasteiger charge is 2.17. The number of benzene rings is 2. The second kappa shape index (κ2) is 8.04. The summed E-state index contributed by atoms with van der Waals surface area (Å²) in [6, 6.07) is 11.2. The van der Waals surface area contributed by atoms with E-state index >= 15 is 0 Å². The summed E-state index contributed by atoms with van der Waals surface area (Å²) in [7, 11) is 0. The third-order valence-corrected chi connectivity index (χ3v) is 5.96. The average Bonchev–Trinajstić information content (AvgIpc) is 2.58. The van der Waals surface area contributed by atoms with Crippen molar-refractivity contribution in [2.75, 3.05) is 5.32 Å². The number of nitrogens with one attached hydrogen (secondary N) is 1. The van der Waals surface area contributed by atoms with Gasteiger partial charge in [-0.25, -0.2) is 4.39 Å². The fourth-order valence-electron chi connectivity index (χ4n) is 2.87. The molecular weight excluding hydrogens is 345 g/mol. The molecule has 1 fully saturated rings.